The largest absolute Gasteiger partial charge is 0.295 e. The van der Waals surface area contributed by atoms with Crippen molar-refractivity contribution >= 4 is 5.78 Å². The molecule has 2 aliphatic carbocycles. The van der Waals surface area contributed by atoms with Crippen molar-refractivity contribution < 1.29 is 4.79 Å². The molecule has 0 saturated heterocycles. The number of allylic oxidation sites excluding steroid dienone is 2. The van der Waals surface area contributed by atoms with Crippen LogP contribution in [0.1, 0.15) is 32.1 Å². The molecule has 0 N–H and O–H groups in total. The van der Waals surface area contributed by atoms with E-state index in [0.717, 1.165) is 19.3 Å². The smallest absolute Gasteiger partial charge is 0.158 e. The average molecular weight is 122 g/mol. The fraction of sp³-hybridized carbons (Fsp3) is 0.625. The molecule has 1 heteroatoms. The number of hydrogen-bond acceptors (Lipinski definition) is 1. The molecule has 2 rings (SSSR count). The van der Waals surface area contributed by atoms with Crippen LogP contribution < -0.4 is 0 Å². The minimum Gasteiger partial charge on any atom is -0.295 e. The molecule has 0 aliphatic heterocycles. The lowest BCUT2D eigenvalue weighted by molar-refractivity contribution is -0.116. The molecule has 0 fully saturated rings. The summed E-state index contributed by atoms with van der Waals surface area (Å²) in [6, 6.07) is 0. The number of rotatable bonds is 0. The van der Waals surface area contributed by atoms with Crippen LogP contribution in [0.15, 0.2) is 11.1 Å². The molecule has 1 nitrogen and oxygen atoms in total. The van der Waals surface area contributed by atoms with E-state index in [1.165, 1.54) is 24.0 Å². The van der Waals surface area contributed by atoms with Gasteiger partial charge in [-0.1, -0.05) is 5.57 Å². The van der Waals surface area contributed by atoms with Crippen LogP contribution in [0.3, 0.4) is 0 Å². The van der Waals surface area contributed by atoms with Crippen molar-refractivity contribution in [1.29, 1.82) is 0 Å². The lowest BCUT2D eigenvalue weighted by Gasteiger charge is -2.26. The van der Waals surface area contributed by atoms with Gasteiger partial charge in [-0.3, -0.25) is 4.79 Å². The average Bonchev–Trinajstić information content (AvgIpc) is 1.74. The van der Waals surface area contributed by atoms with Gasteiger partial charge in [0, 0.05) is 6.42 Å². The fourth-order valence-corrected chi connectivity index (χ4v) is 1.65. The standard InChI is InChI=1S/C8H10O/c9-8-3-1-2-6-4-5-7(6)8/h1-5H2. The first kappa shape index (κ1) is 5.21. The maximum absolute atomic E-state index is 11.0. The van der Waals surface area contributed by atoms with Gasteiger partial charge in [0.15, 0.2) is 5.78 Å². The Balaban J connectivity index is 2.32. The topological polar surface area (TPSA) is 17.1 Å². The van der Waals surface area contributed by atoms with Crippen LogP contribution in [0.2, 0.25) is 0 Å². The Hall–Kier alpha value is -0.590. The molecule has 0 spiro atoms. The van der Waals surface area contributed by atoms with E-state index in [1.54, 1.807) is 0 Å². The summed E-state index contributed by atoms with van der Waals surface area (Å²) in [7, 11) is 0. The summed E-state index contributed by atoms with van der Waals surface area (Å²) in [6.07, 6.45) is 5.42. The third-order valence-electron chi connectivity index (χ3n) is 2.32. The second-order valence-corrected chi connectivity index (χ2v) is 2.86. The van der Waals surface area contributed by atoms with Crippen LogP contribution in [0.5, 0.6) is 0 Å². The Morgan fingerprint density at radius 3 is 2.33 bits per heavy atom. The van der Waals surface area contributed by atoms with Crippen molar-refractivity contribution in [1.82, 2.24) is 0 Å². The lowest BCUT2D eigenvalue weighted by atomic mass is 9.78. The van der Waals surface area contributed by atoms with Gasteiger partial charge >= 0.3 is 0 Å². The zero-order chi connectivity index (χ0) is 6.27. The highest BCUT2D eigenvalue weighted by Crippen LogP contribution is 2.36. The molecule has 0 amide bonds. The number of carbonyl (C=O) groups is 1. The summed E-state index contributed by atoms with van der Waals surface area (Å²) in [5.74, 6) is 0.433. The Bertz CT molecular complexity index is 189. The van der Waals surface area contributed by atoms with E-state index in [9.17, 15) is 4.79 Å². The van der Waals surface area contributed by atoms with Crippen LogP contribution in [-0.2, 0) is 4.79 Å². The Kier molecular flexibility index (Phi) is 0.981. The van der Waals surface area contributed by atoms with E-state index in [1.807, 2.05) is 0 Å². The highest BCUT2D eigenvalue weighted by molar-refractivity contribution is 5.98. The number of hydrogen-bond donors (Lipinski definition) is 0. The minimum atomic E-state index is 0.433. The summed E-state index contributed by atoms with van der Waals surface area (Å²) >= 11 is 0. The molecule has 0 atom stereocenters. The third kappa shape index (κ3) is 0.640. The predicted molar refractivity (Wildman–Crippen MR) is 35.1 cm³/mol. The highest BCUT2D eigenvalue weighted by Gasteiger charge is 2.25. The maximum atomic E-state index is 11.0. The molecule has 0 saturated carbocycles. The molecule has 2 aliphatic rings. The van der Waals surface area contributed by atoms with Crippen LogP contribution in [0, 0.1) is 0 Å². The number of ketones is 1. The van der Waals surface area contributed by atoms with E-state index < -0.39 is 0 Å². The quantitative estimate of drug-likeness (QED) is 0.479. The first-order chi connectivity index (χ1) is 4.38. The summed E-state index contributed by atoms with van der Waals surface area (Å²) in [5, 5.41) is 0. The highest BCUT2D eigenvalue weighted by atomic mass is 16.1. The van der Waals surface area contributed by atoms with Gasteiger partial charge in [0.05, 0.1) is 0 Å². The molecular weight excluding hydrogens is 112 g/mol. The van der Waals surface area contributed by atoms with Gasteiger partial charge in [0.2, 0.25) is 0 Å². The van der Waals surface area contributed by atoms with Gasteiger partial charge in [-0.05, 0) is 31.3 Å². The summed E-state index contributed by atoms with van der Waals surface area (Å²) in [4.78, 5) is 11.0. The first-order valence-corrected chi connectivity index (χ1v) is 3.62. The fourth-order valence-electron chi connectivity index (χ4n) is 1.65. The normalized spacial score (nSPS) is 25.6. The molecule has 0 aromatic rings. The van der Waals surface area contributed by atoms with Crippen LogP contribution in [0.4, 0.5) is 0 Å². The molecule has 0 unspecified atom stereocenters. The van der Waals surface area contributed by atoms with Gasteiger partial charge in [0.25, 0.3) is 0 Å². The molecule has 0 bridgehead atoms. The third-order valence-corrected chi connectivity index (χ3v) is 2.32. The van der Waals surface area contributed by atoms with Gasteiger partial charge in [0.1, 0.15) is 0 Å². The van der Waals surface area contributed by atoms with E-state index in [-0.39, 0.29) is 0 Å². The first-order valence-electron chi connectivity index (χ1n) is 3.62. The second-order valence-electron chi connectivity index (χ2n) is 2.86. The maximum Gasteiger partial charge on any atom is 0.158 e. The summed E-state index contributed by atoms with van der Waals surface area (Å²) in [5.41, 5.74) is 2.65. The number of carbonyl (C=O) groups excluding carboxylic acids is 1. The SMILES string of the molecule is O=C1CCCC2=C1CC2. The van der Waals surface area contributed by atoms with E-state index >= 15 is 0 Å². The van der Waals surface area contributed by atoms with Crippen LogP contribution >= 0.6 is 0 Å². The zero-order valence-electron chi connectivity index (χ0n) is 5.44. The van der Waals surface area contributed by atoms with Crippen LogP contribution in [0.25, 0.3) is 0 Å². The molecule has 0 radical (unpaired) electrons. The van der Waals surface area contributed by atoms with Crippen molar-refractivity contribution in [3.05, 3.63) is 11.1 Å². The second kappa shape index (κ2) is 1.69. The van der Waals surface area contributed by atoms with E-state index in [0.29, 0.717) is 5.78 Å². The summed E-state index contributed by atoms with van der Waals surface area (Å²) in [6.45, 7) is 0. The van der Waals surface area contributed by atoms with Gasteiger partial charge in [-0.15, -0.1) is 0 Å². The molecule has 9 heavy (non-hydrogen) atoms. The Labute approximate surface area is 54.8 Å². The number of Topliss-reactive ketones (excluding diaryl/α,β-unsaturated/α-hetero) is 1. The Morgan fingerprint density at radius 2 is 1.89 bits per heavy atom. The molecule has 48 valence electrons. The van der Waals surface area contributed by atoms with Gasteiger partial charge < -0.3 is 0 Å². The summed E-state index contributed by atoms with van der Waals surface area (Å²) < 4.78 is 0. The van der Waals surface area contributed by atoms with Crippen molar-refractivity contribution in [3.8, 4) is 0 Å². The van der Waals surface area contributed by atoms with Crippen molar-refractivity contribution in [2.45, 2.75) is 32.1 Å². The lowest BCUT2D eigenvalue weighted by Crippen LogP contribution is -2.18. The van der Waals surface area contributed by atoms with Gasteiger partial charge in [-0.2, -0.15) is 0 Å². The molecule has 0 aromatic carbocycles. The van der Waals surface area contributed by atoms with Crippen molar-refractivity contribution in [2.75, 3.05) is 0 Å². The minimum absolute atomic E-state index is 0.433. The predicted octanol–water partition coefficient (Wildman–Crippen LogP) is 1.83. The van der Waals surface area contributed by atoms with Crippen molar-refractivity contribution in [3.63, 3.8) is 0 Å². The molecule has 0 aromatic heterocycles. The van der Waals surface area contributed by atoms with E-state index in [4.69, 9.17) is 0 Å². The molecular formula is C8H10O. The molecule has 0 heterocycles. The van der Waals surface area contributed by atoms with Crippen LogP contribution in [-0.4, -0.2) is 5.78 Å². The monoisotopic (exact) mass is 122 g/mol. The van der Waals surface area contributed by atoms with Crippen molar-refractivity contribution in [2.24, 2.45) is 0 Å². The van der Waals surface area contributed by atoms with E-state index in [2.05, 4.69) is 0 Å². The zero-order valence-corrected chi connectivity index (χ0v) is 5.44. The van der Waals surface area contributed by atoms with Gasteiger partial charge in [-0.25, -0.2) is 0 Å². The Morgan fingerprint density at radius 1 is 1.00 bits per heavy atom.